The summed E-state index contributed by atoms with van der Waals surface area (Å²) in [5, 5.41) is 23.7. The van der Waals surface area contributed by atoms with Crippen LogP contribution in [0.3, 0.4) is 0 Å². The van der Waals surface area contributed by atoms with Gasteiger partial charge in [-0.1, -0.05) is 18.2 Å². The smallest absolute Gasteiger partial charge is 0.121 e. The van der Waals surface area contributed by atoms with E-state index in [1.165, 1.54) is 0 Å². The number of hydrogen-bond acceptors (Lipinski definition) is 3. The molecular formula is C13H19NO2. The second kappa shape index (κ2) is 4.44. The van der Waals surface area contributed by atoms with Crippen LogP contribution in [0.2, 0.25) is 0 Å². The first-order valence-electron chi connectivity index (χ1n) is 5.84. The summed E-state index contributed by atoms with van der Waals surface area (Å²) in [6.07, 6.45) is 1.89. The minimum Gasteiger partial charge on any atom is -0.508 e. The van der Waals surface area contributed by atoms with Gasteiger partial charge in [0.15, 0.2) is 0 Å². The van der Waals surface area contributed by atoms with Crippen molar-refractivity contribution >= 4 is 0 Å². The average Bonchev–Trinajstić information content (AvgIpc) is 2.30. The summed E-state index contributed by atoms with van der Waals surface area (Å²) < 4.78 is 0. The summed E-state index contributed by atoms with van der Waals surface area (Å²) in [4.78, 5) is 0. The van der Waals surface area contributed by atoms with Gasteiger partial charge in [0.2, 0.25) is 0 Å². The van der Waals surface area contributed by atoms with Crippen LogP contribution in [0.25, 0.3) is 0 Å². The molecule has 0 radical (unpaired) electrons. The van der Waals surface area contributed by atoms with Crippen LogP contribution in [0, 0.1) is 5.92 Å². The Morgan fingerprint density at radius 3 is 2.50 bits per heavy atom. The van der Waals surface area contributed by atoms with E-state index in [0.29, 0.717) is 5.56 Å². The molecule has 0 amide bonds. The Balaban J connectivity index is 2.26. The van der Waals surface area contributed by atoms with Gasteiger partial charge in [-0.25, -0.2) is 0 Å². The topological polar surface area (TPSA) is 52.5 Å². The molecule has 1 atom stereocenters. The van der Waals surface area contributed by atoms with Crippen LogP contribution < -0.4 is 5.32 Å². The molecular weight excluding hydrogens is 202 g/mol. The van der Waals surface area contributed by atoms with Crippen molar-refractivity contribution in [2.24, 2.45) is 5.92 Å². The molecule has 0 aromatic heterocycles. The fraction of sp³-hybridized carbons (Fsp3) is 0.538. The molecule has 1 heterocycles. The molecule has 1 aliphatic heterocycles. The van der Waals surface area contributed by atoms with Crippen molar-refractivity contribution in [3.8, 4) is 5.75 Å². The van der Waals surface area contributed by atoms with Gasteiger partial charge in [0.25, 0.3) is 0 Å². The number of piperidine rings is 1. The van der Waals surface area contributed by atoms with E-state index in [9.17, 15) is 10.2 Å². The van der Waals surface area contributed by atoms with Crippen molar-refractivity contribution in [1.29, 1.82) is 0 Å². The summed E-state index contributed by atoms with van der Waals surface area (Å²) in [5.74, 6) is 0.396. The quantitative estimate of drug-likeness (QED) is 0.711. The molecule has 3 nitrogen and oxygen atoms in total. The van der Waals surface area contributed by atoms with Crippen LogP contribution in [0.15, 0.2) is 24.3 Å². The minimum atomic E-state index is -0.937. The Morgan fingerprint density at radius 1 is 1.25 bits per heavy atom. The van der Waals surface area contributed by atoms with E-state index >= 15 is 0 Å². The second-order valence-corrected chi connectivity index (χ2v) is 4.69. The lowest BCUT2D eigenvalue weighted by Gasteiger charge is -2.36. The predicted molar refractivity (Wildman–Crippen MR) is 63.3 cm³/mol. The third-order valence-corrected chi connectivity index (χ3v) is 3.58. The van der Waals surface area contributed by atoms with Crippen LogP contribution >= 0.6 is 0 Å². The van der Waals surface area contributed by atoms with Crippen molar-refractivity contribution in [2.45, 2.75) is 25.4 Å². The van der Waals surface area contributed by atoms with Gasteiger partial charge in [-0.2, -0.15) is 0 Å². The third-order valence-electron chi connectivity index (χ3n) is 3.58. The first kappa shape index (κ1) is 11.4. The Morgan fingerprint density at radius 2 is 1.88 bits per heavy atom. The van der Waals surface area contributed by atoms with E-state index in [2.05, 4.69) is 5.32 Å². The van der Waals surface area contributed by atoms with Crippen LogP contribution in [0.4, 0.5) is 0 Å². The second-order valence-electron chi connectivity index (χ2n) is 4.69. The molecule has 0 aliphatic carbocycles. The zero-order valence-electron chi connectivity index (χ0n) is 9.61. The Labute approximate surface area is 96.1 Å². The van der Waals surface area contributed by atoms with E-state index < -0.39 is 5.60 Å². The normalized spacial score (nSPS) is 21.6. The predicted octanol–water partition coefficient (Wildman–Crippen LogP) is 1.60. The fourth-order valence-electron chi connectivity index (χ4n) is 2.51. The Hall–Kier alpha value is -1.06. The zero-order chi connectivity index (χ0) is 11.6. The number of benzene rings is 1. The highest BCUT2D eigenvalue weighted by Crippen LogP contribution is 2.38. The van der Waals surface area contributed by atoms with Crippen molar-refractivity contribution in [2.75, 3.05) is 13.1 Å². The molecule has 1 aromatic rings. The maximum absolute atomic E-state index is 10.6. The van der Waals surface area contributed by atoms with Crippen molar-refractivity contribution < 1.29 is 10.2 Å². The molecule has 1 aliphatic rings. The number of hydrogen-bond donors (Lipinski definition) is 3. The van der Waals surface area contributed by atoms with Gasteiger partial charge in [0.05, 0.1) is 5.60 Å². The van der Waals surface area contributed by atoms with Gasteiger partial charge in [0.1, 0.15) is 5.75 Å². The third kappa shape index (κ3) is 2.06. The minimum absolute atomic E-state index is 0.186. The molecule has 2 rings (SSSR count). The van der Waals surface area contributed by atoms with E-state index in [-0.39, 0.29) is 11.7 Å². The number of para-hydroxylation sites is 1. The van der Waals surface area contributed by atoms with Crippen molar-refractivity contribution in [3.63, 3.8) is 0 Å². The van der Waals surface area contributed by atoms with E-state index in [0.717, 1.165) is 25.9 Å². The summed E-state index contributed by atoms with van der Waals surface area (Å²) in [6, 6.07) is 7.06. The molecule has 1 unspecified atom stereocenters. The number of phenols is 1. The molecule has 88 valence electrons. The number of phenolic OH excluding ortho intramolecular Hbond substituents is 1. The number of rotatable bonds is 2. The van der Waals surface area contributed by atoms with Crippen molar-refractivity contribution in [1.82, 2.24) is 5.32 Å². The maximum Gasteiger partial charge on any atom is 0.121 e. The summed E-state index contributed by atoms with van der Waals surface area (Å²) in [7, 11) is 0. The van der Waals surface area contributed by atoms with E-state index in [1.54, 1.807) is 25.1 Å². The van der Waals surface area contributed by atoms with E-state index in [1.807, 2.05) is 6.07 Å². The van der Waals surface area contributed by atoms with Gasteiger partial charge in [0, 0.05) is 5.56 Å². The molecule has 0 bridgehead atoms. The van der Waals surface area contributed by atoms with Crippen LogP contribution in [0.1, 0.15) is 25.3 Å². The first-order valence-corrected chi connectivity index (χ1v) is 5.84. The molecule has 1 fully saturated rings. The van der Waals surface area contributed by atoms with Gasteiger partial charge in [-0.05, 0) is 44.8 Å². The molecule has 0 spiro atoms. The summed E-state index contributed by atoms with van der Waals surface area (Å²) >= 11 is 0. The van der Waals surface area contributed by atoms with Gasteiger partial charge < -0.3 is 15.5 Å². The van der Waals surface area contributed by atoms with Crippen molar-refractivity contribution in [3.05, 3.63) is 29.8 Å². The molecule has 0 saturated carbocycles. The van der Waals surface area contributed by atoms with Crippen LogP contribution in [-0.2, 0) is 5.60 Å². The lowest BCUT2D eigenvalue weighted by molar-refractivity contribution is -0.0203. The monoisotopic (exact) mass is 221 g/mol. The van der Waals surface area contributed by atoms with Crippen LogP contribution in [-0.4, -0.2) is 23.3 Å². The molecule has 3 heteroatoms. The molecule has 3 N–H and O–H groups in total. The molecule has 1 saturated heterocycles. The Kier molecular flexibility index (Phi) is 3.17. The molecule has 1 aromatic carbocycles. The average molecular weight is 221 g/mol. The Bertz CT molecular complexity index is 357. The van der Waals surface area contributed by atoms with Gasteiger partial charge in [-0.15, -0.1) is 0 Å². The number of nitrogens with one attached hydrogen (secondary N) is 1. The maximum atomic E-state index is 10.6. The summed E-state index contributed by atoms with van der Waals surface area (Å²) in [5.41, 5.74) is -0.296. The SMILES string of the molecule is CC(O)(c1ccccc1O)C1CCNCC1. The fourth-order valence-corrected chi connectivity index (χ4v) is 2.51. The number of aliphatic hydroxyl groups is 1. The van der Waals surface area contributed by atoms with Gasteiger partial charge in [-0.3, -0.25) is 0 Å². The lowest BCUT2D eigenvalue weighted by atomic mass is 9.77. The summed E-state index contributed by atoms with van der Waals surface area (Å²) in [6.45, 7) is 3.68. The number of aromatic hydroxyl groups is 1. The zero-order valence-corrected chi connectivity index (χ0v) is 9.61. The highest BCUT2D eigenvalue weighted by Gasteiger charge is 2.35. The highest BCUT2D eigenvalue weighted by molar-refractivity contribution is 5.36. The standard InChI is InChI=1S/C13H19NO2/c1-13(16,10-6-8-14-9-7-10)11-4-2-3-5-12(11)15/h2-5,10,14-16H,6-9H2,1H3. The van der Waals surface area contributed by atoms with Crippen LogP contribution in [0.5, 0.6) is 5.75 Å². The first-order chi connectivity index (χ1) is 7.62. The highest BCUT2D eigenvalue weighted by atomic mass is 16.3. The van der Waals surface area contributed by atoms with Gasteiger partial charge >= 0.3 is 0 Å². The lowest BCUT2D eigenvalue weighted by Crippen LogP contribution is -2.39. The van der Waals surface area contributed by atoms with E-state index in [4.69, 9.17) is 0 Å². The largest absolute Gasteiger partial charge is 0.508 e. The molecule has 16 heavy (non-hydrogen) atoms.